The Morgan fingerprint density at radius 1 is 1.44 bits per heavy atom. The van der Waals surface area contributed by atoms with Gasteiger partial charge in [-0.3, -0.25) is 9.59 Å². The van der Waals surface area contributed by atoms with Gasteiger partial charge in [-0.25, -0.2) is 0 Å². The second-order valence-corrected chi connectivity index (χ2v) is 4.40. The molecule has 0 aromatic rings. The van der Waals surface area contributed by atoms with Crippen LogP contribution in [0.1, 0.15) is 19.3 Å². The molecular weight excluding hydrogens is 212 g/mol. The Morgan fingerprint density at radius 3 is 2.62 bits per heavy atom. The number of carbonyl (C=O) groups is 2. The Bertz CT molecular complexity index is 344. The highest BCUT2D eigenvalue weighted by molar-refractivity contribution is 5.85. The van der Waals surface area contributed by atoms with Crippen LogP contribution in [-0.4, -0.2) is 34.9 Å². The third-order valence-electron chi connectivity index (χ3n) is 3.37. The summed E-state index contributed by atoms with van der Waals surface area (Å²) in [7, 11) is 0. The maximum Gasteiger partial charge on any atom is 0.311 e. The average molecular weight is 226 g/mol. The molecule has 0 amide bonds. The fourth-order valence-corrected chi connectivity index (χ4v) is 2.38. The molecule has 88 valence electrons. The van der Waals surface area contributed by atoms with Gasteiger partial charge in [0, 0.05) is 0 Å². The molecule has 1 aliphatic heterocycles. The molecule has 1 fully saturated rings. The predicted octanol–water partition coefficient (Wildman–Crippen LogP) is 0.897. The molecule has 0 aromatic heterocycles. The molecule has 2 aliphatic rings. The number of allylic oxidation sites excluding steroid dienone is 1. The number of carboxylic acid groups (broad SMARTS) is 2. The van der Waals surface area contributed by atoms with Gasteiger partial charge in [-0.2, -0.15) is 0 Å². The fraction of sp³-hybridized carbons (Fsp3) is 0.636. The first-order valence-corrected chi connectivity index (χ1v) is 5.31. The van der Waals surface area contributed by atoms with Gasteiger partial charge in [0.05, 0.1) is 24.0 Å². The maximum absolute atomic E-state index is 11.4. The van der Waals surface area contributed by atoms with E-state index in [2.05, 4.69) is 0 Å². The molecule has 5 heteroatoms. The first-order chi connectivity index (χ1) is 7.56. The minimum absolute atomic E-state index is 0.0792. The number of carboxylic acids is 2. The number of rotatable bonds is 4. The van der Waals surface area contributed by atoms with E-state index < -0.39 is 23.3 Å². The minimum Gasteiger partial charge on any atom is -0.481 e. The van der Waals surface area contributed by atoms with Gasteiger partial charge in [0.2, 0.25) is 0 Å². The minimum atomic E-state index is -1.19. The van der Waals surface area contributed by atoms with Crippen LogP contribution in [0.3, 0.4) is 0 Å². The SMILES string of the molecule is O=C(O)C1C=CCCC1(CC1CO1)C(=O)O. The van der Waals surface area contributed by atoms with E-state index >= 15 is 0 Å². The van der Waals surface area contributed by atoms with Crippen molar-refractivity contribution in [1.82, 2.24) is 0 Å². The van der Waals surface area contributed by atoms with Crippen LogP contribution in [0.4, 0.5) is 0 Å². The van der Waals surface area contributed by atoms with E-state index in [4.69, 9.17) is 9.84 Å². The Kier molecular flexibility index (Phi) is 2.71. The Balaban J connectivity index is 2.29. The summed E-state index contributed by atoms with van der Waals surface area (Å²) < 4.78 is 5.03. The summed E-state index contributed by atoms with van der Waals surface area (Å²) in [6.07, 6.45) is 4.45. The van der Waals surface area contributed by atoms with Gasteiger partial charge in [0.15, 0.2) is 0 Å². The van der Waals surface area contributed by atoms with Crippen molar-refractivity contribution in [1.29, 1.82) is 0 Å². The van der Waals surface area contributed by atoms with E-state index in [-0.39, 0.29) is 6.10 Å². The Labute approximate surface area is 92.7 Å². The summed E-state index contributed by atoms with van der Waals surface area (Å²) in [5.41, 5.74) is -1.19. The third-order valence-corrected chi connectivity index (χ3v) is 3.37. The average Bonchev–Trinajstić information content (AvgIpc) is 3.01. The van der Waals surface area contributed by atoms with E-state index in [1.165, 1.54) is 6.08 Å². The van der Waals surface area contributed by atoms with Crippen molar-refractivity contribution in [3.05, 3.63) is 12.2 Å². The molecular formula is C11H14O5. The number of aliphatic carboxylic acids is 2. The monoisotopic (exact) mass is 226 g/mol. The summed E-state index contributed by atoms with van der Waals surface area (Å²) >= 11 is 0. The molecule has 0 bridgehead atoms. The van der Waals surface area contributed by atoms with Crippen LogP contribution in [0.5, 0.6) is 0 Å². The van der Waals surface area contributed by atoms with E-state index in [0.29, 0.717) is 25.9 Å². The zero-order chi connectivity index (χ0) is 11.8. The van der Waals surface area contributed by atoms with Crippen molar-refractivity contribution < 1.29 is 24.5 Å². The molecule has 3 atom stereocenters. The molecule has 0 aromatic carbocycles. The van der Waals surface area contributed by atoms with Crippen LogP contribution in [0.15, 0.2) is 12.2 Å². The van der Waals surface area contributed by atoms with Gasteiger partial charge in [0.25, 0.3) is 0 Å². The van der Waals surface area contributed by atoms with Gasteiger partial charge in [0.1, 0.15) is 0 Å². The summed E-state index contributed by atoms with van der Waals surface area (Å²) in [6, 6.07) is 0. The molecule has 1 heterocycles. The van der Waals surface area contributed by atoms with Crippen molar-refractivity contribution in [2.24, 2.45) is 11.3 Å². The van der Waals surface area contributed by atoms with Crippen molar-refractivity contribution in [2.75, 3.05) is 6.61 Å². The lowest BCUT2D eigenvalue weighted by Gasteiger charge is -2.35. The van der Waals surface area contributed by atoms with Gasteiger partial charge in [-0.1, -0.05) is 12.2 Å². The van der Waals surface area contributed by atoms with Crippen molar-refractivity contribution in [2.45, 2.75) is 25.4 Å². The molecule has 3 unspecified atom stereocenters. The molecule has 2 rings (SSSR count). The molecule has 1 aliphatic carbocycles. The van der Waals surface area contributed by atoms with Gasteiger partial charge in [-0.05, 0) is 19.3 Å². The van der Waals surface area contributed by atoms with E-state index in [1.54, 1.807) is 6.08 Å². The van der Waals surface area contributed by atoms with Crippen LogP contribution in [0.2, 0.25) is 0 Å². The van der Waals surface area contributed by atoms with Gasteiger partial charge < -0.3 is 14.9 Å². The zero-order valence-corrected chi connectivity index (χ0v) is 8.76. The molecule has 0 radical (unpaired) electrons. The van der Waals surface area contributed by atoms with Crippen LogP contribution < -0.4 is 0 Å². The summed E-state index contributed by atoms with van der Waals surface area (Å²) in [5, 5.41) is 18.4. The van der Waals surface area contributed by atoms with Crippen LogP contribution in [0, 0.1) is 11.3 Å². The predicted molar refractivity (Wildman–Crippen MR) is 53.9 cm³/mol. The number of hydrogen-bond donors (Lipinski definition) is 2. The van der Waals surface area contributed by atoms with Crippen LogP contribution in [-0.2, 0) is 14.3 Å². The van der Waals surface area contributed by atoms with Crippen molar-refractivity contribution in [3.63, 3.8) is 0 Å². The number of ether oxygens (including phenoxy) is 1. The van der Waals surface area contributed by atoms with E-state index in [1.807, 2.05) is 0 Å². The lowest BCUT2D eigenvalue weighted by atomic mass is 9.66. The highest BCUT2D eigenvalue weighted by atomic mass is 16.6. The normalized spacial score (nSPS) is 37.0. The number of epoxide rings is 1. The Morgan fingerprint density at radius 2 is 2.12 bits per heavy atom. The molecule has 0 spiro atoms. The van der Waals surface area contributed by atoms with Gasteiger partial charge in [-0.15, -0.1) is 0 Å². The van der Waals surface area contributed by atoms with Crippen molar-refractivity contribution in [3.8, 4) is 0 Å². The molecule has 16 heavy (non-hydrogen) atoms. The molecule has 5 nitrogen and oxygen atoms in total. The first-order valence-electron chi connectivity index (χ1n) is 5.31. The highest BCUT2D eigenvalue weighted by Crippen LogP contribution is 2.44. The molecule has 0 saturated carbocycles. The zero-order valence-electron chi connectivity index (χ0n) is 8.76. The van der Waals surface area contributed by atoms with E-state index in [0.717, 1.165) is 0 Å². The lowest BCUT2D eigenvalue weighted by molar-refractivity contribution is -0.162. The molecule has 1 saturated heterocycles. The highest BCUT2D eigenvalue weighted by Gasteiger charge is 2.52. The summed E-state index contributed by atoms with van der Waals surface area (Å²) in [6.45, 7) is 0.547. The summed E-state index contributed by atoms with van der Waals surface area (Å²) in [5.74, 6) is -3.04. The lowest BCUT2D eigenvalue weighted by Crippen LogP contribution is -2.44. The van der Waals surface area contributed by atoms with Crippen LogP contribution in [0.25, 0.3) is 0 Å². The maximum atomic E-state index is 11.4. The fourth-order valence-electron chi connectivity index (χ4n) is 2.38. The smallest absolute Gasteiger partial charge is 0.311 e. The Hall–Kier alpha value is -1.36. The largest absolute Gasteiger partial charge is 0.481 e. The topological polar surface area (TPSA) is 87.1 Å². The number of hydrogen-bond acceptors (Lipinski definition) is 3. The third kappa shape index (κ3) is 1.82. The van der Waals surface area contributed by atoms with Crippen molar-refractivity contribution >= 4 is 11.9 Å². The quantitative estimate of drug-likeness (QED) is 0.549. The first kappa shape index (κ1) is 11.1. The second-order valence-electron chi connectivity index (χ2n) is 4.40. The second kappa shape index (κ2) is 3.90. The van der Waals surface area contributed by atoms with Gasteiger partial charge >= 0.3 is 11.9 Å². The summed E-state index contributed by atoms with van der Waals surface area (Å²) in [4.78, 5) is 22.5. The standard InChI is InChI=1S/C11H14O5/c12-9(13)8-3-1-2-4-11(8,10(14)15)5-7-6-16-7/h1,3,7-8H,2,4-6H2,(H,12,13)(H,14,15). The van der Waals surface area contributed by atoms with E-state index in [9.17, 15) is 14.7 Å². The molecule has 2 N–H and O–H groups in total. The van der Waals surface area contributed by atoms with Crippen LogP contribution >= 0.6 is 0 Å².